The molecule has 0 aliphatic heterocycles. The first kappa shape index (κ1) is 24.7. The van der Waals surface area contributed by atoms with Gasteiger partial charge < -0.3 is 15.4 Å². The first-order valence-corrected chi connectivity index (χ1v) is 10.9. The first-order chi connectivity index (χ1) is 16.4. The summed E-state index contributed by atoms with van der Waals surface area (Å²) in [6, 6.07) is 23.9. The number of nitrogens with one attached hydrogen (secondary N) is 2. The van der Waals surface area contributed by atoms with E-state index < -0.39 is 30.3 Å². The summed E-state index contributed by atoms with van der Waals surface area (Å²) in [5.74, 6) is -2.08. The summed E-state index contributed by atoms with van der Waals surface area (Å²) in [5, 5.41) is 5.36. The van der Waals surface area contributed by atoms with E-state index in [4.69, 9.17) is 16.3 Å². The van der Waals surface area contributed by atoms with E-state index in [0.717, 1.165) is 5.56 Å². The first-order valence-electron chi connectivity index (χ1n) is 10.5. The van der Waals surface area contributed by atoms with Crippen LogP contribution in [0.25, 0.3) is 0 Å². The van der Waals surface area contributed by atoms with Crippen molar-refractivity contribution in [2.75, 3.05) is 13.1 Å². The second-order valence-corrected chi connectivity index (χ2v) is 7.80. The number of Topliss-reactive ketones (excluding diaryl/α,β-unsaturated/α-hetero) is 1. The minimum Gasteiger partial charge on any atom is -0.448 e. The van der Waals surface area contributed by atoms with Crippen molar-refractivity contribution in [3.63, 3.8) is 0 Å². The summed E-state index contributed by atoms with van der Waals surface area (Å²) in [7, 11) is 0. The highest BCUT2D eigenvalue weighted by atomic mass is 35.5. The van der Waals surface area contributed by atoms with Crippen molar-refractivity contribution in [1.29, 1.82) is 0 Å². The molecule has 0 radical (unpaired) electrons. The minimum atomic E-state index is -1.20. The maximum Gasteiger partial charge on any atom is 0.326 e. The number of benzene rings is 3. The monoisotopic (exact) mass is 478 g/mol. The highest BCUT2D eigenvalue weighted by Crippen LogP contribution is 2.24. The molecule has 0 saturated carbocycles. The number of ether oxygens (including phenoxy) is 1. The molecule has 0 heterocycles. The maximum absolute atomic E-state index is 13.0. The Balaban J connectivity index is 1.53. The minimum absolute atomic E-state index is 0.139. The summed E-state index contributed by atoms with van der Waals surface area (Å²) < 4.78 is 5.41. The molecule has 3 rings (SSSR count). The molecule has 3 aromatic carbocycles. The third-order valence-corrected chi connectivity index (χ3v) is 5.05. The predicted octanol–water partition coefficient (Wildman–Crippen LogP) is 3.28. The Bertz CT molecular complexity index is 1130. The number of amides is 2. The van der Waals surface area contributed by atoms with Gasteiger partial charge in [-0.1, -0.05) is 84.4 Å². The number of esters is 1. The molecule has 0 fully saturated rings. The van der Waals surface area contributed by atoms with Crippen LogP contribution in [0.15, 0.2) is 84.9 Å². The van der Waals surface area contributed by atoms with E-state index in [9.17, 15) is 19.2 Å². The molecule has 0 unspecified atom stereocenters. The van der Waals surface area contributed by atoms with Gasteiger partial charge in [0.15, 0.2) is 6.10 Å². The van der Waals surface area contributed by atoms with Gasteiger partial charge in [-0.25, -0.2) is 0 Å². The topological polar surface area (TPSA) is 102 Å². The fourth-order valence-electron chi connectivity index (χ4n) is 3.09. The number of hydrogen-bond acceptors (Lipinski definition) is 5. The third-order valence-electron chi connectivity index (χ3n) is 4.80. The summed E-state index contributed by atoms with van der Waals surface area (Å²) in [5.41, 5.74) is 1.65. The molecule has 0 saturated heterocycles. The summed E-state index contributed by atoms with van der Waals surface area (Å²) in [6.45, 7) is -0.748. The zero-order valence-electron chi connectivity index (χ0n) is 18.2. The fraction of sp³-hybridized carbons (Fsp3) is 0.154. The van der Waals surface area contributed by atoms with E-state index >= 15 is 0 Å². The largest absolute Gasteiger partial charge is 0.448 e. The van der Waals surface area contributed by atoms with E-state index in [1.165, 1.54) is 0 Å². The number of carbonyl (C=O) groups excluding carboxylic acids is 4. The molecular formula is C26H23ClN2O5. The highest BCUT2D eigenvalue weighted by molar-refractivity contribution is 6.30. The molecule has 34 heavy (non-hydrogen) atoms. The molecule has 2 N–H and O–H groups in total. The summed E-state index contributed by atoms with van der Waals surface area (Å²) >= 11 is 5.93. The Labute approximate surface area is 202 Å². The Hall–Kier alpha value is -3.97. The van der Waals surface area contributed by atoms with E-state index in [1.807, 2.05) is 30.3 Å². The van der Waals surface area contributed by atoms with Gasteiger partial charge in [0, 0.05) is 16.1 Å². The number of halogens is 1. The Morgan fingerprint density at radius 2 is 1.32 bits per heavy atom. The van der Waals surface area contributed by atoms with Crippen molar-refractivity contribution < 1.29 is 23.9 Å². The molecular weight excluding hydrogens is 456 g/mol. The van der Waals surface area contributed by atoms with Gasteiger partial charge in [-0.05, 0) is 17.7 Å². The van der Waals surface area contributed by atoms with Gasteiger partial charge >= 0.3 is 5.97 Å². The van der Waals surface area contributed by atoms with E-state index in [-0.39, 0.29) is 18.9 Å². The van der Waals surface area contributed by atoms with E-state index in [2.05, 4.69) is 10.6 Å². The Morgan fingerprint density at radius 1 is 0.735 bits per heavy atom. The number of rotatable bonds is 10. The van der Waals surface area contributed by atoms with Crippen LogP contribution in [0.5, 0.6) is 0 Å². The van der Waals surface area contributed by atoms with Crippen molar-refractivity contribution >= 4 is 35.2 Å². The van der Waals surface area contributed by atoms with Gasteiger partial charge in [0.2, 0.25) is 17.6 Å². The lowest BCUT2D eigenvalue weighted by atomic mass is 10.00. The van der Waals surface area contributed by atoms with Crippen LogP contribution in [0.2, 0.25) is 5.02 Å². The fourth-order valence-corrected chi connectivity index (χ4v) is 3.22. The summed E-state index contributed by atoms with van der Waals surface area (Å²) in [4.78, 5) is 49.4. The van der Waals surface area contributed by atoms with Crippen LogP contribution in [0.1, 0.15) is 27.6 Å². The van der Waals surface area contributed by atoms with Crippen LogP contribution in [0.3, 0.4) is 0 Å². The molecule has 0 aromatic heterocycles. The predicted molar refractivity (Wildman–Crippen MR) is 127 cm³/mol. The summed E-state index contributed by atoms with van der Waals surface area (Å²) in [6.07, 6.45) is -1.06. The van der Waals surface area contributed by atoms with Crippen molar-refractivity contribution in [3.05, 3.63) is 107 Å². The molecule has 2 amide bonds. The normalized spacial score (nSPS) is 11.2. The van der Waals surface area contributed by atoms with Crippen LogP contribution < -0.4 is 10.6 Å². The van der Waals surface area contributed by atoms with Crippen LogP contribution >= 0.6 is 11.6 Å². The highest BCUT2D eigenvalue weighted by Gasteiger charge is 2.26. The number of ketones is 1. The zero-order chi connectivity index (χ0) is 24.3. The van der Waals surface area contributed by atoms with Crippen molar-refractivity contribution in [2.45, 2.75) is 12.5 Å². The van der Waals surface area contributed by atoms with Crippen LogP contribution in [-0.2, 0) is 25.5 Å². The lowest BCUT2D eigenvalue weighted by molar-refractivity contribution is -0.147. The quantitative estimate of drug-likeness (QED) is 0.344. The number of hydrogen-bond donors (Lipinski definition) is 2. The SMILES string of the molecule is O=C(CNC(=O)Cc1ccccc1)NCC(=O)O[C@@H](C(=O)c1ccccc1)c1ccc(Cl)cc1. The third kappa shape index (κ3) is 7.56. The second-order valence-electron chi connectivity index (χ2n) is 7.37. The van der Waals surface area contributed by atoms with E-state index in [1.54, 1.807) is 54.6 Å². The van der Waals surface area contributed by atoms with Crippen LogP contribution in [-0.4, -0.2) is 36.7 Å². The Kier molecular flexibility index (Phi) is 8.94. The molecule has 8 heteroatoms. The van der Waals surface area contributed by atoms with Gasteiger partial charge in [-0.3, -0.25) is 19.2 Å². The van der Waals surface area contributed by atoms with Crippen molar-refractivity contribution in [3.8, 4) is 0 Å². The molecule has 3 aromatic rings. The lowest BCUT2D eigenvalue weighted by Crippen LogP contribution is -2.40. The van der Waals surface area contributed by atoms with Gasteiger partial charge in [-0.15, -0.1) is 0 Å². The smallest absolute Gasteiger partial charge is 0.326 e. The Morgan fingerprint density at radius 3 is 1.97 bits per heavy atom. The zero-order valence-corrected chi connectivity index (χ0v) is 19.0. The maximum atomic E-state index is 13.0. The van der Waals surface area contributed by atoms with Gasteiger partial charge in [-0.2, -0.15) is 0 Å². The second kappa shape index (κ2) is 12.3. The molecule has 0 aliphatic carbocycles. The average molecular weight is 479 g/mol. The van der Waals surface area contributed by atoms with E-state index in [0.29, 0.717) is 16.1 Å². The van der Waals surface area contributed by atoms with Gasteiger partial charge in [0.05, 0.1) is 13.0 Å². The van der Waals surface area contributed by atoms with Crippen LogP contribution in [0.4, 0.5) is 0 Å². The standard InChI is InChI=1S/C26H23ClN2O5/c27-21-13-11-20(12-14-21)26(25(33)19-9-5-2-6-10-19)34-24(32)17-29-23(31)16-28-22(30)15-18-7-3-1-4-8-18/h1-14,26H,15-17H2,(H,28,30)(H,29,31)/t26-/m1/s1. The molecule has 0 spiro atoms. The average Bonchev–Trinajstić information content (AvgIpc) is 2.86. The molecule has 1 atom stereocenters. The number of carbonyl (C=O) groups is 4. The van der Waals surface area contributed by atoms with Crippen molar-refractivity contribution in [1.82, 2.24) is 10.6 Å². The van der Waals surface area contributed by atoms with Gasteiger partial charge in [0.25, 0.3) is 0 Å². The van der Waals surface area contributed by atoms with Crippen LogP contribution in [0, 0.1) is 0 Å². The molecule has 0 aliphatic rings. The van der Waals surface area contributed by atoms with Gasteiger partial charge in [0.1, 0.15) is 6.54 Å². The lowest BCUT2D eigenvalue weighted by Gasteiger charge is -2.18. The molecule has 174 valence electrons. The molecule has 0 bridgehead atoms. The molecule has 7 nitrogen and oxygen atoms in total. The van der Waals surface area contributed by atoms with Crippen molar-refractivity contribution in [2.24, 2.45) is 0 Å².